The molecule has 0 spiro atoms. The molecule has 1 heterocycles. The fraction of sp³-hybridized carbons (Fsp3) is 0.500. The van der Waals surface area contributed by atoms with Crippen LogP contribution in [0.1, 0.15) is 12.0 Å². The third-order valence-electron chi connectivity index (χ3n) is 2.84. The number of benzene rings is 1. The number of hydrogen-bond acceptors (Lipinski definition) is 2. The van der Waals surface area contributed by atoms with E-state index < -0.39 is 0 Å². The van der Waals surface area contributed by atoms with Crippen molar-refractivity contribution < 1.29 is 0 Å². The number of hydrogen-bond donors (Lipinski definition) is 1. The van der Waals surface area contributed by atoms with Gasteiger partial charge < -0.3 is 5.32 Å². The minimum absolute atomic E-state index is 0.700. The maximum absolute atomic E-state index is 6.16. The van der Waals surface area contributed by atoms with Crippen LogP contribution in [-0.4, -0.2) is 31.1 Å². The summed E-state index contributed by atoms with van der Waals surface area (Å²) < 4.78 is 0. The van der Waals surface area contributed by atoms with E-state index in [1.165, 1.54) is 6.42 Å². The van der Waals surface area contributed by atoms with Crippen LogP contribution in [0, 0.1) is 0 Å². The zero-order chi connectivity index (χ0) is 11.4. The summed E-state index contributed by atoms with van der Waals surface area (Å²) in [6, 6.07) is 5.73. The molecule has 1 aliphatic heterocycles. The van der Waals surface area contributed by atoms with E-state index in [4.69, 9.17) is 23.2 Å². The predicted molar refractivity (Wildman–Crippen MR) is 69.2 cm³/mol. The van der Waals surface area contributed by atoms with Gasteiger partial charge in [-0.2, -0.15) is 0 Å². The van der Waals surface area contributed by atoms with Crippen LogP contribution in [-0.2, 0) is 6.54 Å². The fourth-order valence-electron chi connectivity index (χ4n) is 1.95. The van der Waals surface area contributed by atoms with Gasteiger partial charge in [0, 0.05) is 29.7 Å². The van der Waals surface area contributed by atoms with Crippen LogP contribution < -0.4 is 5.32 Å². The Kier molecular flexibility index (Phi) is 4.47. The molecule has 2 rings (SSSR count). The molecular weight excluding hydrogens is 243 g/mol. The number of nitrogens with zero attached hydrogens (tertiary/aromatic N) is 1. The molecule has 0 saturated carbocycles. The first kappa shape index (κ1) is 12.2. The summed E-state index contributed by atoms with van der Waals surface area (Å²) in [6.45, 7) is 5.30. The Morgan fingerprint density at radius 3 is 2.88 bits per heavy atom. The Balaban J connectivity index is 2.01. The van der Waals surface area contributed by atoms with Crippen molar-refractivity contribution in [3.05, 3.63) is 33.8 Å². The molecule has 0 amide bonds. The van der Waals surface area contributed by atoms with Gasteiger partial charge in [-0.15, -0.1) is 0 Å². The van der Waals surface area contributed by atoms with E-state index >= 15 is 0 Å². The highest BCUT2D eigenvalue weighted by Crippen LogP contribution is 2.22. The molecule has 2 nitrogen and oxygen atoms in total. The third-order valence-corrected chi connectivity index (χ3v) is 3.43. The van der Waals surface area contributed by atoms with E-state index in [1.807, 2.05) is 18.2 Å². The van der Waals surface area contributed by atoms with Crippen LogP contribution >= 0.6 is 23.2 Å². The third kappa shape index (κ3) is 3.36. The van der Waals surface area contributed by atoms with Crippen LogP contribution in [0.5, 0.6) is 0 Å². The van der Waals surface area contributed by atoms with Crippen molar-refractivity contribution in [2.24, 2.45) is 0 Å². The number of nitrogens with one attached hydrogen (secondary N) is 1. The first-order chi connectivity index (χ1) is 7.75. The van der Waals surface area contributed by atoms with Gasteiger partial charge in [0.15, 0.2) is 0 Å². The van der Waals surface area contributed by atoms with E-state index in [1.54, 1.807) is 0 Å². The van der Waals surface area contributed by atoms with Crippen LogP contribution in [0.25, 0.3) is 0 Å². The first-order valence-corrected chi connectivity index (χ1v) is 6.38. The summed E-state index contributed by atoms with van der Waals surface area (Å²) in [5.74, 6) is 0. The lowest BCUT2D eigenvalue weighted by atomic mass is 10.2. The van der Waals surface area contributed by atoms with Gasteiger partial charge in [-0.3, -0.25) is 4.90 Å². The maximum Gasteiger partial charge on any atom is 0.0465 e. The standard InChI is InChI=1S/C12H16Cl2N2/c13-11-3-2-10(12(14)8-11)9-16-6-1-4-15-5-7-16/h2-3,8,15H,1,4-7,9H2. The second kappa shape index (κ2) is 5.87. The van der Waals surface area contributed by atoms with Crippen LogP contribution in [0.15, 0.2) is 18.2 Å². The van der Waals surface area contributed by atoms with Crippen LogP contribution in [0.3, 0.4) is 0 Å². The summed E-state index contributed by atoms with van der Waals surface area (Å²) in [5, 5.41) is 4.86. The monoisotopic (exact) mass is 258 g/mol. The zero-order valence-corrected chi connectivity index (χ0v) is 10.7. The van der Waals surface area contributed by atoms with Gasteiger partial charge in [-0.1, -0.05) is 29.3 Å². The van der Waals surface area contributed by atoms with Gasteiger partial charge in [0.25, 0.3) is 0 Å². The second-order valence-corrected chi connectivity index (χ2v) is 4.96. The Morgan fingerprint density at radius 1 is 1.19 bits per heavy atom. The van der Waals surface area contributed by atoms with Crippen LogP contribution in [0.2, 0.25) is 10.0 Å². The summed E-state index contributed by atoms with van der Waals surface area (Å²) in [6.07, 6.45) is 1.20. The number of halogens is 2. The van der Waals surface area contributed by atoms with Crippen molar-refractivity contribution in [1.82, 2.24) is 10.2 Å². The molecule has 0 atom stereocenters. The Bertz CT molecular complexity index is 347. The summed E-state index contributed by atoms with van der Waals surface area (Å²) in [7, 11) is 0. The van der Waals surface area contributed by atoms with E-state index in [0.29, 0.717) is 5.02 Å². The van der Waals surface area contributed by atoms with Gasteiger partial charge in [0.1, 0.15) is 0 Å². The van der Waals surface area contributed by atoms with Crippen molar-refractivity contribution in [2.45, 2.75) is 13.0 Å². The molecule has 1 N–H and O–H groups in total. The SMILES string of the molecule is Clc1ccc(CN2CCCNCC2)c(Cl)c1. The van der Waals surface area contributed by atoms with Gasteiger partial charge in [-0.25, -0.2) is 0 Å². The van der Waals surface area contributed by atoms with Crippen molar-refractivity contribution in [2.75, 3.05) is 26.2 Å². The van der Waals surface area contributed by atoms with Gasteiger partial charge in [0.05, 0.1) is 0 Å². The summed E-state index contributed by atoms with van der Waals surface area (Å²) in [5.41, 5.74) is 1.16. The quantitative estimate of drug-likeness (QED) is 0.878. The molecule has 0 unspecified atom stereocenters. The van der Waals surface area contributed by atoms with Crippen molar-refractivity contribution >= 4 is 23.2 Å². The number of rotatable bonds is 2. The molecule has 1 aromatic carbocycles. The highest BCUT2D eigenvalue weighted by molar-refractivity contribution is 6.35. The zero-order valence-electron chi connectivity index (χ0n) is 9.18. The highest BCUT2D eigenvalue weighted by Gasteiger charge is 2.10. The van der Waals surface area contributed by atoms with E-state index in [-0.39, 0.29) is 0 Å². The molecule has 0 radical (unpaired) electrons. The minimum Gasteiger partial charge on any atom is -0.315 e. The highest BCUT2D eigenvalue weighted by atomic mass is 35.5. The average Bonchev–Trinajstić information content (AvgIpc) is 2.51. The molecule has 1 saturated heterocycles. The molecule has 4 heteroatoms. The Hall–Kier alpha value is -0.280. The van der Waals surface area contributed by atoms with E-state index in [9.17, 15) is 0 Å². The fourth-order valence-corrected chi connectivity index (χ4v) is 2.42. The van der Waals surface area contributed by atoms with E-state index in [0.717, 1.165) is 43.3 Å². The maximum atomic E-state index is 6.16. The molecule has 1 fully saturated rings. The lowest BCUT2D eigenvalue weighted by Crippen LogP contribution is -2.27. The topological polar surface area (TPSA) is 15.3 Å². The minimum atomic E-state index is 0.700. The smallest absolute Gasteiger partial charge is 0.0465 e. The van der Waals surface area contributed by atoms with Crippen LogP contribution in [0.4, 0.5) is 0 Å². The van der Waals surface area contributed by atoms with Gasteiger partial charge in [0.2, 0.25) is 0 Å². The summed E-state index contributed by atoms with van der Waals surface area (Å²) in [4.78, 5) is 2.43. The lowest BCUT2D eigenvalue weighted by molar-refractivity contribution is 0.284. The van der Waals surface area contributed by atoms with Crippen molar-refractivity contribution in [3.8, 4) is 0 Å². The molecule has 1 aliphatic rings. The Morgan fingerprint density at radius 2 is 2.06 bits per heavy atom. The van der Waals surface area contributed by atoms with E-state index in [2.05, 4.69) is 10.2 Å². The molecule has 0 aliphatic carbocycles. The molecule has 0 bridgehead atoms. The molecule has 1 aromatic rings. The lowest BCUT2D eigenvalue weighted by Gasteiger charge is -2.20. The molecule has 88 valence electrons. The Labute approximate surface area is 107 Å². The predicted octanol–water partition coefficient (Wildman–Crippen LogP) is 2.79. The van der Waals surface area contributed by atoms with Gasteiger partial charge in [-0.05, 0) is 37.2 Å². The normalized spacial score (nSPS) is 18.4. The molecular formula is C12H16Cl2N2. The second-order valence-electron chi connectivity index (χ2n) is 4.12. The largest absolute Gasteiger partial charge is 0.315 e. The molecule has 0 aromatic heterocycles. The first-order valence-electron chi connectivity index (χ1n) is 5.63. The molecule has 16 heavy (non-hydrogen) atoms. The summed E-state index contributed by atoms with van der Waals surface area (Å²) >= 11 is 12.0. The van der Waals surface area contributed by atoms with Crippen molar-refractivity contribution in [1.29, 1.82) is 0 Å². The van der Waals surface area contributed by atoms with Gasteiger partial charge >= 0.3 is 0 Å². The average molecular weight is 259 g/mol. The van der Waals surface area contributed by atoms with Crippen molar-refractivity contribution in [3.63, 3.8) is 0 Å².